The Hall–Kier alpha value is -1.03. The van der Waals surface area contributed by atoms with Crippen LogP contribution in [0.2, 0.25) is 0 Å². The summed E-state index contributed by atoms with van der Waals surface area (Å²) in [5, 5.41) is 3.41. The van der Waals surface area contributed by atoms with Crippen molar-refractivity contribution in [3.05, 3.63) is 35.4 Å². The summed E-state index contributed by atoms with van der Waals surface area (Å²) in [5.74, 6) is 0. The van der Waals surface area contributed by atoms with Gasteiger partial charge in [-0.25, -0.2) is 0 Å². The van der Waals surface area contributed by atoms with E-state index in [1.165, 1.54) is 25.0 Å². The molecule has 1 aromatic carbocycles. The summed E-state index contributed by atoms with van der Waals surface area (Å²) in [7, 11) is 0. The maximum atomic E-state index is 12.6. The van der Waals surface area contributed by atoms with Gasteiger partial charge in [0.05, 0.1) is 5.56 Å². The van der Waals surface area contributed by atoms with Crippen molar-refractivity contribution in [2.75, 3.05) is 6.54 Å². The Morgan fingerprint density at radius 3 is 2.72 bits per heavy atom. The molecule has 100 valence electrons. The Morgan fingerprint density at radius 2 is 2.06 bits per heavy atom. The molecule has 0 saturated carbocycles. The zero-order valence-corrected chi connectivity index (χ0v) is 10.3. The maximum Gasteiger partial charge on any atom is 0.416 e. The van der Waals surface area contributed by atoms with Crippen LogP contribution >= 0.6 is 0 Å². The number of piperidine rings is 1. The fourth-order valence-corrected chi connectivity index (χ4v) is 2.41. The van der Waals surface area contributed by atoms with Crippen LogP contribution in [-0.4, -0.2) is 12.6 Å². The maximum absolute atomic E-state index is 12.6. The minimum atomic E-state index is -4.24. The zero-order chi connectivity index (χ0) is 13.0. The molecule has 1 nitrogen and oxygen atoms in total. The van der Waals surface area contributed by atoms with E-state index < -0.39 is 11.7 Å². The highest BCUT2D eigenvalue weighted by Crippen LogP contribution is 2.29. The summed E-state index contributed by atoms with van der Waals surface area (Å²) in [5.41, 5.74) is 0.230. The summed E-state index contributed by atoms with van der Waals surface area (Å²) in [4.78, 5) is 0. The molecule has 1 aliphatic rings. The van der Waals surface area contributed by atoms with Gasteiger partial charge in [-0.3, -0.25) is 0 Å². The van der Waals surface area contributed by atoms with Crippen LogP contribution in [-0.2, 0) is 12.6 Å². The molecule has 1 N–H and O–H groups in total. The van der Waals surface area contributed by atoms with E-state index in [-0.39, 0.29) is 0 Å². The van der Waals surface area contributed by atoms with Gasteiger partial charge < -0.3 is 5.32 Å². The molecule has 0 radical (unpaired) electrons. The molecule has 18 heavy (non-hydrogen) atoms. The fourth-order valence-electron chi connectivity index (χ4n) is 2.41. The number of hydrogen-bond acceptors (Lipinski definition) is 1. The molecule has 4 heteroatoms. The largest absolute Gasteiger partial charge is 0.416 e. The van der Waals surface area contributed by atoms with Crippen LogP contribution < -0.4 is 5.32 Å². The summed E-state index contributed by atoms with van der Waals surface area (Å²) in [6.45, 7) is 1.03. The van der Waals surface area contributed by atoms with Crippen molar-refractivity contribution < 1.29 is 13.2 Å². The van der Waals surface area contributed by atoms with Gasteiger partial charge in [-0.15, -0.1) is 0 Å². The van der Waals surface area contributed by atoms with Gasteiger partial charge in [-0.1, -0.05) is 24.6 Å². The molecule has 1 aromatic rings. The molecule has 1 unspecified atom stereocenters. The van der Waals surface area contributed by atoms with E-state index >= 15 is 0 Å². The lowest BCUT2D eigenvalue weighted by molar-refractivity contribution is -0.137. The van der Waals surface area contributed by atoms with E-state index in [9.17, 15) is 13.2 Å². The number of nitrogens with one attached hydrogen (secondary N) is 1. The van der Waals surface area contributed by atoms with Crippen LogP contribution in [0.5, 0.6) is 0 Å². The number of aryl methyl sites for hydroxylation is 1. The molecule has 1 aliphatic heterocycles. The molecule has 0 aliphatic carbocycles. The van der Waals surface area contributed by atoms with Crippen LogP contribution in [0.15, 0.2) is 24.3 Å². The van der Waals surface area contributed by atoms with Crippen molar-refractivity contribution >= 4 is 0 Å². The minimum Gasteiger partial charge on any atom is -0.314 e. The Bertz CT molecular complexity index is 381. The number of rotatable bonds is 3. The third-order valence-corrected chi connectivity index (χ3v) is 3.45. The highest BCUT2D eigenvalue weighted by atomic mass is 19.4. The second-order valence-corrected chi connectivity index (χ2v) is 4.88. The quantitative estimate of drug-likeness (QED) is 0.869. The van der Waals surface area contributed by atoms with Gasteiger partial charge in [0, 0.05) is 6.04 Å². The van der Waals surface area contributed by atoms with E-state index in [0.717, 1.165) is 31.0 Å². The van der Waals surface area contributed by atoms with Gasteiger partial charge >= 0.3 is 6.18 Å². The molecule has 1 atom stereocenters. The summed E-state index contributed by atoms with van der Waals surface area (Å²) in [6, 6.07) is 6.13. The van der Waals surface area contributed by atoms with Crippen LogP contribution in [0.3, 0.4) is 0 Å². The lowest BCUT2D eigenvalue weighted by Crippen LogP contribution is -2.34. The van der Waals surface area contributed by atoms with E-state index in [1.54, 1.807) is 6.07 Å². The first-order valence-electron chi connectivity index (χ1n) is 6.45. The highest BCUT2D eigenvalue weighted by Gasteiger charge is 2.30. The van der Waals surface area contributed by atoms with Crippen molar-refractivity contribution in [1.29, 1.82) is 0 Å². The summed E-state index contributed by atoms with van der Waals surface area (Å²) < 4.78 is 37.7. The first-order chi connectivity index (χ1) is 8.55. The van der Waals surface area contributed by atoms with Crippen LogP contribution in [0.25, 0.3) is 0 Å². The van der Waals surface area contributed by atoms with Gasteiger partial charge in [0.15, 0.2) is 0 Å². The van der Waals surface area contributed by atoms with Gasteiger partial charge in [0.1, 0.15) is 0 Å². The number of halogens is 3. The van der Waals surface area contributed by atoms with Crippen LogP contribution in [0.1, 0.15) is 36.8 Å². The van der Waals surface area contributed by atoms with Crippen molar-refractivity contribution in [2.45, 2.75) is 44.3 Å². The number of hydrogen-bond donors (Lipinski definition) is 1. The molecule has 1 heterocycles. The predicted octanol–water partition coefficient (Wildman–Crippen LogP) is 3.78. The Morgan fingerprint density at radius 1 is 1.22 bits per heavy atom. The Kier molecular flexibility index (Phi) is 4.27. The first-order valence-corrected chi connectivity index (χ1v) is 6.45. The molecule has 0 spiro atoms. The molecule has 0 amide bonds. The van der Waals surface area contributed by atoms with Gasteiger partial charge in [0.2, 0.25) is 0 Å². The van der Waals surface area contributed by atoms with Crippen molar-refractivity contribution in [3.8, 4) is 0 Å². The van der Waals surface area contributed by atoms with Crippen LogP contribution in [0.4, 0.5) is 13.2 Å². The Labute approximate surface area is 105 Å². The topological polar surface area (TPSA) is 12.0 Å². The predicted molar refractivity (Wildman–Crippen MR) is 65.4 cm³/mol. The third-order valence-electron chi connectivity index (χ3n) is 3.45. The molecule has 1 saturated heterocycles. The van der Waals surface area contributed by atoms with E-state index in [1.807, 2.05) is 0 Å². The molecule has 2 rings (SSSR count). The average molecular weight is 257 g/mol. The lowest BCUT2D eigenvalue weighted by atomic mass is 9.97. The van der Waals surface area contributed by atoms with Gasteiger partial charge in [-0.05, 0) is 43.9 Å². The monoisotopic (exact) mass is 257 g/mol. The molecule has 0 aromatic heterocycles. The molecular formula is C14H18F3N. The van der Waals surface area contributed by atoms with E-state index in [4.69, 9.17) is 0 Å². The zero-order valence-electron chi connectivity index (χ0n) is 10.3. The second-order valence-electron chi connectivity index (χ2n) is 4.88. The third kappa shape index (κ3) is 3.73. The van der Waals surface area contributed by atoms with Crippen molar-refractivity contribution in [2.24, 2.45) is 0 Å². The van der Waals surface area contributed by atoms with E-state index in [2.05, 4.69) is 5.32 Å². The SMILES string of the molecule is FC(F)(F)c1cccc(CCC2CCCCN2)c1. The fraction of sp³-hybridized carbons (Fsp3) is 0.571. The van der Waals surface area contributed by atoms with Crippen molar-refractivity contribution in [1.82, 2.24) is 5.32 Å². The van der Waals surface area contributed by atoms with Gasteiger partial charge in [0.25, 0.3) is 0 Å². The molecule has 1 fully saturated rings. The van der Waals surface area contributed by atoms with Crippen molar-refractivity contribution in [3.63, 3.8) is 0 Å². The average Bonchev–Trinajstić information content (AvgIpc) is 2.37. The second kappa shape index (κ2) is 5.74. The minimum absolute atomic E-state index is 0.466. The standard InChI is InChI=1S/C14H18F3N/c15-14(16,17)12-5-3-4-11(10-12)7-8-13-6-1-2-9-18-13/h3-5,10,13,18H,1-2,6-9H2. The normalized spacial score (nSPS) is 20.9. The molecular weight excluding hydrogens is 239 g/mol. The number of benzene rings is 1. The number of alkyl halides is 3. The summed E-state index contributed by atoms with van der Waals surface area (Å²) >= 11 is 0. The van der Waals surface area contributed by atoms with E-state index in [0.29, 0.717) is 12.5 Å². The van der Waals surface area contributed by atoms with Crippen LogP contribution in [0, 0.1) is 0 Å². The van der Waals surface area contributed by atoms with Gasteiger partial charge in [-0.2, -0.15) is 13.2 Å². The lowest BCUT2D eigenvalue weighted by Gasteiger charge is -2.23. The summed E-state index contributed by atoms with van der Waals surface area (Å²) in [6.07, 6.45) is 0.960. The first kappa shape index (κ1) is 13.4. The Balaban J connectivity index is 1.92. The highest BCUT2D eigenvalue weighted by molar-refractivity contribution is 5.25. The smallest absolute Gasteiger partial charge is 0.314 e. The molecule has 0 bridgehead atoms.